The minimum absolute atomic E-state index is 0.437. The molecule has 0 saturated carbocycles. The van der Waals surface area contributed by atoms with Gasteiger partial charge in [-0.1, -0.05) is 6.92 Å². The minimum atomic E-state index is -0.440. The van der Waals surface area contributed by atoms with Crippen LogP contribution in [-0.2, 0) is 4.74 Å². The van der Waals surface area contributed by atoms with Crippen molar-refractivity contribution in [2.75, 3.05) is 7.11 Å². The molecule has 104 valence electrons. The molecule has 0 amide bonds. The van der Waals surface area contributed by atoms with Gasteiger partial charge in [-0.25, -0.2) is 4.79 Å². The number of benzene rings is 1. The van der Waals surface area contributed by atoms with Crippen LogP contribution in [0.4, 0.5) is 0 Å². The van der Waals surface area contributed by atoms with Gasteiger partial charge < -0.3 is 9.47 Å². The first kappa shape index (κ1) is 15.5. The van der Waals surface area contributed by atoms with Crippen LogP contribution in [0.3, 0.4) is 0 Å². The lowest BCUT2D eigenvalue weighted by atomic mass is 10.2. The van der Waals surface area contributed by atoms with E-state index in [1.54, 1.807) is 50.5 Å². The second kappa shape index (κ2) is 7.80. The van der Waals surface area contributed by atoms with Gasteiger partial charge in [0.2, 0.25) is 0 Å². The fourth-order valence-corrected chi connectivity index (χ4v) is 1.42. The van der Waals surface area contributed by atoms with Crippen molar-refractivity contribution in [1.82, 2.24) is 0 Å². The van der Waals surface area contributed by atoms with Crippen LogP contribution in [0, 0.1) is 11.3 Å². The zero-order valence-electron chi connectivity index (χ0n) is 11.8. The lowest BCUT2D eigenvalue weighted by Crippen LogP contribution is -2.03. The molecule has 0 aliphatic rings. The third-order valence-electron chi connectivity index (χ3n) is 2.62. The zero-order chi connectivity index (χ0) is 15.0. The number of carbonyl (C=O) groups is 1. The van der Waals surface area contributed by atoms with Crippen LogP contribution in [0.2, 0.25) is 0 Å². The summed E-state index contributed by atoms with van der Waals surface area (Å²) in [7, 11) is 1.56. The van der Waals surface area contributed by atoms with Gasteiger partial charge in [0, 0.05) is 5.57 Å². The summed E-state index contributed by atoms with van der Waals surface area (Å²) in [4.78, 5) is 11.8. The molecule has 4 nitrogen and oxygen atoms in total. The Labute approximate surface area is 118 Å². The predicted molar refractivity (Wildman–Crippen MR) is 76.2 cm³/mol. The van der Waals surface area contributed by atoms with Crippen molar-refractivity contribution >= 4 is 5.97 Å². The number of nitriles is 1. The molecule has 0 radical (unpaired) electrons. The Kier molecular flexibility index (Phi) is 6.05. The van der Waals surface area contributed by atoms with Crippen molar-refractivity contribution in [2.24, 2.45) is 0 Å². The maximum Gasteiger partial charge on any atom is 0.343 e. The third kappa shape index (κ3) is 4.62. The molecular formula is C16H17NO3. The predicted octanol–water partition coefficient (Wildman–Crippen LogP) is 3.62. The average Bonchev–Trinajstić information content (AvgIpc) is 2.48. The quantitative estimate of drug-likeness (QED) is 0.355. The third-order valence-corrected chi connectivity index (χ3v) is 2.62. The normalized spacial score (nSPS) is 11.7. The van der Waals surface area contributed by atoms with E-state index in [9.17, 15) is 4.79 Å². The standard InChI is InChI=1S/C16H17NO3/c1-4-13(11-17)6-5-12(2)20-16(18)14-7-9-15(19-3)10-8-14/h5-10H,4H2,1-3H3/b12-5+,13-6+. The number of esters is 1. The van der Waals surface area contributed by atoms with Gasteiger partial charge in [0.15, 0.2) is 0 Å². The molecule has 0 spiro atoms. The number of ether oxygens (including phenoxy) is 2. The van der Waals surface area contributed by atoms with E-state index in [0.717, 1.165) is 0 Å². The summed E-state index contributed by atoms with van der Waals surface area (Å²) in [6.07, 6.45) is 3.91. The summed E-state index contributed by atoms with van der Waals surface area (Å²) >= 11 is 0. The maximum absolute atomic E-state index is 11.8. The Balaban J connectivity index is 2.72. The van der Waals surface area contributed by atoms with E-state index in [1.807, 2.05) is 6.92 Å². The van der Waals surface area contributed by atoms with E-state index in [0.29, 0.717) is 29.1 Å². The molecule has 0 unspecified atom stereocenters. The molecule has 1 aromatic rings. The van der Waals surface area contributed by atoms with Gasteiger partial charge in [-0.15, -0.1) is 0 Å². The molecule has 0 saturated heterocycles. The van der Waals surface area contributed by atoms with Gasteiger partial charge in [0.05, 0.1) is 18.7 Å². The minimum Gasteiger partial charge on any atom is -0.497 e. The molecule has 0 bridgehead atoms. The number of carbonyl (C=O) groups excluding carboxylic acids is 1. The lowest BCUT2D eigenvalue weighted by molar-refractivity contribution is 0.0626. The topological polar surface area (TPSA) is 59.3 Å². The number of hydrogen-bond acceptors (Lipinski definition) is 4. The smallest absolute Gasteiger partial charge is 0.343 e. The van der Waals surface area contributed by atoms with E-state index in [2.05, 4.69) is 6.07 Å². The van der Waals surface area contributed by atoms with Crippen LogP contribution >= 0.6 is 0 Å². The molecule has 0 atom stereocenters. The van der Waals surface area contributed by atoms with Crippen molar-refractivity contribution in [2.45, 2.75) is 20.3 Å². The maximum atomic E-state index is 11.8. The largest absolute Gasteiger partial charge is 0.497 e. The van der Waals surface area contributed by atoms with Crippen molar-refractivity contribution in [3.8, 4) is 11.8 Å². The van der Waals surface area contributed by atoms with Crippen molar-refractivity contribution in [1.29, 1.82) is 5.26 Å². The Hall–Kier alpha value is -2.54. The van der Waals surface area contributed by atoms with Gasteiger partial charge in [-0.05, 0) is 49.8 Å². The molecule has 20 heavy (non-hydrogen) atoms. The van der Waals surface area contributed by atoms with Gasteiger partial charge in [-0.3, -0.25) is 0 Å². The molecule has 1 rings (SSSR count). The summed E-state index contributed by atoms with van der Waals surface area (Å²) in [6.45, 7) is 3.56. The molecule has 0 fully saturated rings. The molecule has 1 aromatic carbocycles. The number of nitrogens with zero attached hydrogens (tertiary/aromatic N) is 1. The van der Waals surface area contributed by atoms with Crippen LogP contribution in [-0.4, -0.2) is 13.1 Å². The molecule has 0 aromatic heterocycles. The second-order valence-corrected chi connectivity index (χ2v) is 4.05. The summed E-state index contributed by atoms with van der Waals surface area (Å²) < 4.78 is 10.2. The van der Waals surface area contributed by atoms with Gasteiger partial charge in [0.1, 0.15) is 11.5 Å². The molecule has 0 aliphatic carbocycles. The molecule has 4 heteroatoms. The van der Waals surface area contributed by atoms with Crippen molar-refractivity contribution < 1.29 is 14.3 Å². The van der Waals surface area contributed by atoms with Crippen molar-refractivity contribution in [3.63, 3.8) is 0 Å². The highest BCUT2D eigenvalue weighted by molar-refractivity contribution is 5.90. The fraction of sp³-hybridized carbons (Fsp3) is 0.250. The fourth-order valence-electron chi connectivity index (χ4n) is 1.42. The molecule has 0 N–H and O–H groups in total. The summed E-state index contributed by atoms with van der Waals surface area (Å²) in [6, 6.07) is 8.73. The first-order chi connectivity index (χ1) is 9.60. The SMILES string of the molecule is CC/C(C#N)=C\C=C(/C)OC(=O)c1ccc(OC)cc1. The summed E-state index contributed by atoms with van der Waals surface area (Å²) in [5, 5.41) is 8.78. The zero-order valence-corrected chi connectivity index (χ0v) is 11.8. The van der Waals surface area contributed by atoms with Crippen LogP contribution in [0.15, 0.2) is 47.7 Å². The van der Waals surface area contributed by atoms with Gasteiger partial charge in [-0.2, -0.15) is 5.26 Å². The number of hydrogen-bond donors (Lipinski definition) is 0. The number of methoxy groups -OCH3 is 1. The van der Waals surface area contributed by atoms with E-state index < -0.39 is 5.97 Å². The van der Waals surface area contributed by atoms with E-state index >= 15 is 0 Å². The Morgan fingerprint density at radius 3 is 2.45 bits per heavy atom. The molecule has 0 heterocycles. The van der Waals surface area contributed by atoms with Crippen LogP contribution in [0.5, 0.6) is 5.75 Å². The molecule has 0 aliphatic heterocycles. The van der Waals surface area contributed by atoms with Crippen LogP contribution in [0.1, 0.15) is 30.6 Å². The number of allylic oxidation sites excluding steroid dienone is 4. The monoisotopic (exact) mass is 271 g/mol. The van der Waals surface area contributed by atoms with Gasteiger partial charge >= 0.3 is 5.97 Å². The van der Waals surface area contributed by atoms with E-state index in [-0.39, 0.29) is 0 Å². The van der Waals surface area contributed by atoms with Gasteiger partial charge in [0.25, 0.3) is 0 Å². The first-order valence-corrected chi connectivity index (χ1v) is 6.24. The lowest BCUT2D eigenvalue weighted by Gasteiger charge is -2.05. The summed E-state index contributed by atoms with van der Waals surface area (Å²) in [5.74, 6) is 0.676. The van der Waals surface area contributed by atoms with E-state index in [1.165, 1.54) is 0 Å². The van der Waals surface area contributed by atoms with Crippen LogP contribution < -0.4 is 4.74 Å². The Morgan fingerprint density at radius 1 is 1.30 bits per heavy atom. The van der Waals surface area contributed by atoms with Crippen LogP contribution in [0.25, 0.3) is 0 Å². The Bertz CT molecular complexity index is 562. The molecular weight excluding hydrogens is 254 g/mol. The first-order valence-electron chi connectivity index (χ1n) is 6.24. The highest BCUT2D eigenvalue weighted by Gasteiger charge is 2.07. The Morgan fingerprint density at radius 2 is 1.95 bits per heavy atom. The number of rotatable bonds is 5. The van der Waals surface area contributed by atoms with E-state index in [4.69, 9.17) is 14.7 Å². The highest BCUT2D eigenvalue weighted by atomic mass is 16.5. The van der Waals surface area contributed by atoms with Crippen molar-refractivity contribution in [3.05, 3.63) is 53.3 Å². The average molecular weight is 271 g/mol. The second-order valence-electron chi connectivity index (χ2n) is 4.05. The summed E-state index contributed by atoms with van der Waals surface area (Å²) in [5.41, 5.74) is 1.07. The highest BCUT2D eigenvalue weighted by Crippen LogP contribution is 2.13.